The minimum atomic E-state index is -3.33. The van der Waals surface area contributed by atoms with Crippen LogP contribution in [0.1, 0.15) is 30.9 Å². The van der Waals surface area contributed by atoms with Crippen LogP contribution in [0.5, 0.6) is 0 Å². The van der Waals surface area contributed by atoms with Crippen molar-refractivity contribution in [3.05, 3.63) is 59.7 Å². The van der Waals surface area contributed by atoms with Gasteiger partial charge in [0.05, 0.1) is 5.92 Å². The molecule has 1 saturated carbocycles. The highest BCUT2D eigenvalue weighted by Crippen LogP contribution is 2.55. The summed E-state index contributed by atoms with van der Waals surface area (Å²) in [7, 11) is 0. The van der Waals surface area contributed by atoms with E-state index in [1.807, 2.05) is 48.5 Å². The van der Waals surface area contributed by atoms with Crippen molar-refractivity contribution in [2.45, 2.75) is 31.7 Å². The van der Waals surface area contributed by atoms with Crippen LogP contribution in [0.3, 0.4) is 0 Å². The predicted molar refractivity (Wildman–Crippen MR) is 119 cm³/mol. The van der Waals surface area contributed by atoms with Gasteiger partial charge in [-0.2, -0.15) is 0 Å². The first-order chi connectivity index (χ1) is 16.1. The lowest BCUT2D eigenvalue weighted by atomic mass is 9.98. The van der Waals surface area contributed by atoms with E-state index in [-0.39, 0.29) is 12.5 Å². The molecule has 2 amide bonds. The highest BCUT2D eigenvalue weighted by atomic mass is 19.3. The molecule has 2 aliphatic rings. The summed E-state index contributed by atoms with van der Waals surface area (Å²) in [5, 5.41) is 13.7. The summed E-state index contributed by atoms with van der Waals surface area (Å²) in [4.78, 5) is 35.7. The lowest BCUT2D eigenvalue weighted by Crippen LogP contribution is -2.45. The molecule has 0 spiro atoms. The molecule has 0 heterocycles. The molecule has 0 bridgehead atoms. The summed E-state index contributed by atoms with van der Waals surface area (Å²) in [6.45, 7) is 2.72. The Balaban J connectivity index is 1.32. The number of hydrogen-bond donors (Lipinski definition) is 3. The van der Waals surface area contributed by atoms with Crippen LogP contribution in [0.25, 0.3) is 11.1 Å². The van der Waals surface area contributed by atoms with Gasteiger partial charge in [0.1, 0.15) is 18.6 Å². The quantitative estimate of drug-likeness (QED) is 0.544. The van der Waals surface area contributed by atoms with Gasteiger partial charge in [-0.1, -0.05) is 62.4 Å². The Morgan fingerprint density at radius 2 is 1.59 bits per heavy atom. The van der Waals surface area contributed by atoms with E-state index < -0.39 is 54.2 Å². The van der Waals surface area contributed by atoms with E-state index in [4.69, 9.17) is 9.84 Å². The average molecular weight is 472 g/mol. The van der Waals surface area contributed by atoms with Crippen molar-refractivity contribution < 1.29 is 33.0 Å². The number of alkyl carbamates (subject to hydrolysis) is 1. The van der Waals surface area contributed by atoms with Crippen molar-refractivity contribution in [1.82, 2.24) is 10.6 Å². The van der Waals surface area contributed by atoms with E-state index in [0.717, 1.165) is 22.3 Å². The number of aliphatic carboxylic acids is 1. The molecule has 2 aliphatic carbocycles. The largest absolute Gasteiger partial charge is 0.480 e. The van der Waals surface area contributed by atoms with Crippen LogP contribution >= 0.6 is 0 Å². The Morgan fingerprint density at radius 1 is 1.03 bits per heavy atom. The first-order valence-corrected chi connectivity index (χ1v) is 11.1. The lowest BCUT2D eigenvalue weighted by Gasteiger charge is -2.17. The van der Waals surface area contributed by atoms with Gasteiger partial charge in [0.25, 0.3) is 5.92 Å². The summed E-state index contributed by atoms with van der Waals surface area (Å²) < 4.78 is 33.7. The molecule has 0 saturated heterocycles. The summed E-state index contributed by atoms with van der Waals surface area (Å²) in [6.07, 6.45) is -0.852. The van der Waals surface area contributed by atoms with Crippen LogP contribution in [0, 0.1) is 17.8 Å². The van der Waals surface area contributed by atoms with Crippen LogP contribution in [0.2, 0.25) is 0 Å². The van der Waals surface area contributed by atoms with Gasteiger partial charge < -0.3 is 20.5 Å². The third-order valence-corrected chi connectivity index (χ3v) is 6.53. The zero-order valence-electron chi connectivity index (χ0n) is 18.8. The molecule has 7 nitrogen and oxygen atoms in total. The van der Waals surface area contributed by atoms with Crippen molar-refractivity contribution in [3.8, 4) is 11.1 Å². The maximum absolute atomic E-state index is 14.2. The molecule has 3 N–H and O–H groups in total. The van der Waals surface area contributed by atoms with Crippen molar-refractivity contribution in [2.75, 3.05) is 13.2 Å². The minimum Gasteiger partial charge on any atom is -0.480 e. The fourth-order valence-corrected chi connectivity index (χ4v) is 4.60. The molecule has 9 heteroatoms. The number of fused-ring (bicyclic) bond motifs is 3. The zero-order valence-corrected chi connectivity index (χ0v) is 18.8. The molecule has 34 heavy (non-hydrogen) atoms. The Kier molecular flexibility index (Phi) is 6.29. The van der Waals surface area contributed by atoms with Crippen molar-refractivity contribution in [1.29, 1.82) is 0 Å². The number of rotatable bonds is 8. The molecule has 0 radical (unpaired) electrons. The number of nitrogens with one attached hydrogen (secondary N) is 2. The van der Waals surface area contributed by atoms with Crippen LogP contribution in [-0.2, 0) is 14.3 Å². The predicted octanol–water partition coefficient (Wildman–Crippen LogP) is 3.63. The summed E-state index contributed by atoms with van der Waals surface area (Å²) >= 11 is 0. The number of carbonyl (C=O) groups is 3. The van der Waals surface area contributed by atoms with E-state index in [9.17, 15) is 23.2 Å². The monoisotopic (exact) mass is 472 g/mol. The Bertz CT molecular complexity index is 1070. The molecule has 2 aromatic carbocycles. The Labute approximate surface area is 195 Å². The van der Waals surface area contributed by atoms with Crippen LogP contribution in [0.15, 0.2) is 48.5 Å². The molecule has 0 aliphatic heterocycles. The van der Waals surface area contributed by atoms with E-state index in [1.165, 1.54) is 0 Å². The number of ether oxygens (including phenoxy) is 1. The lowest BCUT2D eigenvalue weighted by molar-refractivity contribution is -0.143. The maximum atomic E-state index is 14.2. The molecule has 3 unspecified atom stereocenters. The normalized spacial score (nSPS) is 20.7. The standard InChI is InChI=1S/C25H26F2N2O5/c1-13(2)21(23(31)32)29-22(30)20-19(25(20,26)27)11-28-24(33)34-12-18-16-9-5-3-7-14(16)15-8-4-6-10-17(15)18/h3-10,13,18-21H,11-12H2,1-2H3,(H,28,33)(H,29,30)(H,31,32). The molecule has 2 aromatic rings. The number of carboxylic acids is 1. The third-order valence-electron chi connectivity index (χ3n) is 6.53. The van der Waals surface area contributed by atoms with Gasteiger partial charge in [-0.25, -0.2) is 18.4 Å². The fourth-order valence-electron chi connectivity index (χ4n) is 4.60. The number of hydrogen-bond acceptors (Lipinski definition) is 4. The van der Waals surface area contributed by atoms with Crippen LogP contribution < -0.4 is 10.6 Å². The average Bonchev–Trinajstić information content (AvgIpc) is 3.20. The summed E-state index contributed by atoms with van der Waals surface area (Å²) in [5.41, 5.74) is 4.19. The van der Waals surface area contributed by atoms with Gasteiger partial charge in [-0.3, -0.25) is 4.79 Å². The van der Waals surface area contributed by atoms with Gasteiger partial charge in [0.2, 0.25) is 5.91 Å². The Morgan fingerprint density at radius 3 is 2.12 bits per heavy atom. The number of carbonyl (C=O) groups excluding carboxylic acids is 2. The zero-order chi connectivity index (χ0) is 24.6. The molecular weight excluding hydrogens is 446 g/mol. The van der Waals surface area contributed by atoms with Gasteiger partial charge >= 0.3 is 12.1 Å². The molecule has 180 valence electrons. The smallest absolute Gasteiger partial charge is 0.407 e. The molecule has 4 rings (SSSR count). The number of halogens is 2. The molecule has 0 aromatic heterocycles. The molecule has 3 atom stereocenters. The minimum absolute atomic E-state index is 0.0412. The SMILES string of the molecule is CC(C)C(NC(=O)C1C(CNC(=O)OCC2c3ccccc3-c3ccccc32)C1(F)F)C(=O)O. The molecule has 1 fully saturated rings. The number of amides is 2. The van der Waals surface area contributed by atoms with Crippen molar-refractivity contribution in [3.63, 3.8) is 0 Å². The third kappa shape index (κ3) is 4.34. The number of benzene rings is 2. The van der Waals surface area contributed by atoms with Crippen molar-refractivity contribution in [2.24, 2.45) is 17.8 Å². The number of carboxylic acid groups (broad SMARTS) is 1. The van der Waals surface area contributed by atoms with Gasteiger partial charge in [0, 0.05) is 12.5 Å². The van der Waals surface area contributed by atoms with Crippen LogP contribution in [0.4, 0.5) is 13.6 Å². The number of alkyl halides is 2. The van der Waals surface area contributed by atoms with E-state index >= 15 is 0 Å². The second kappa shape index (κ2) is 9.04. The van der Waals surface area contributed by atoms with Gasteiger partial charge in [0.15, 0.2) is 0 Å². The fraction of sp³-hybridized carbons (Fsp3) is 0.400. The second-order valence-electron chi connectivity index (χ2n) is 9.03. The summed E-state index contributed by atoms with van der Waals surface area (Å²) in [5.74, 6) is -9.40. The maximum Gasteiger partial charge on any atom is 0.407 e. The first-order valence-electron chi connectivity index (χ1n) is 11.1. The topological polar surface area (TPSA) is 105 Å². The van der Waals surface area contributed by atoms with E-state index in [0.29, 0.717) is 0 Å². The van der Waals surface area contributed by atoms with E-state index in [2.05, 4.69) is 10.6 Å². The second-order valence-corrected chi connectivity index (χ2v) is 9.03. The van der Waals surface area contributed by atoms with Crippen LogP contribution in [-0.4, -0.2) is 48.2 Å². The highest BCUT2D eigenvalue weighted by molar-refractivity contribution is 5.88. The van der Waals surface area contributed by atoms with E-state index in [1.54, 1.807) is 13.8 Å². The van der Waals surface area contributed by atoms with Gasteiger partial charge in [-0.15, -0.1) is 0 Å². The Hall–Kier alpha value is -3.49. The molecular formula is C25H26F2N2O5. The summed E-state index contributed by atoms with van der Waals surface area (Å²) in [6, 6.07) is 14.4. The van der Waals surface area contributed by atoms with Gasteiger partial charge in [-0.05, 0) is 28.2 Å². The highest BCUT2D eigenvalue weighted by Gasteiger charge is 2.71. The first kappa shape index (κ1) is 23.7. The van der Waals surface area contributed by atoms with Crippen molar-refractivity contribution >= 4 is 18.0 Å².